The van der Waals surface area contributed by atoms with Gasteiger partial charge in [-0.2, -0.15) is 4.98 Å². The minimum atomic E-state index is -0.523. The molecule has 1 aromatic carbocycles. The van der Waals surface area contributed by atoms with Crippen molar-refractivity contribution < 1.29 is 19.1 Å². The summed E-state index contributed by atoms with van der Waals surface area (Å²) in [6.45, 7) is 11.6. The maximum Gasteiger partial charge on any atom is 0.410 e. The molecule has 0 saturated carbocycles. The van der Waals surface area contributed by atoms with E-state index in [2.05, 4.69) is 9.80 Å². The second-order valence-corrected chi connectivity index (χ2v) is 10.8. The zero-order valence-corrected chi connectivity index (χ0v) is 22.8. The maximum absolute atomic E-state index is 12.5. The summed E-state index contributed by atoms with van der Waals surface area (Å²) in [5, 5.41) is 0.668. The Morgan fingerprint density at radius 2 is 1.65 bits per heavy atom. The Bertz CT molecular complexity index is 1090. The minimum Gasteiger partial charge on any atom is -0.466 e. The molecule has 200 valence electrons. The first-order valence-corrected chi connectivity index (χ1v) is 13.3. The number of rotatable bonds is 5. The molecule has 2 fully saturated rings. The molecular weight excluding hydrogens is 494 g/mol. The van der Waals surface area contributed by atoms with Crippen molar-refractivity contribution in [3.63, 3.8) is 0 Å². The molecule has 0 aliphatic carbocycles. The largest absolute Gasteiger partial charge is 0.466 e. The fraction of sp³-hybridized carbons (Fsp3) is 0.556. The molecule has 9 nitrogen and oxygen atoms in total. The monoisotopic (exact) mass is 529 g/mol. The summed E-state index contributed by atoms with van der Waals surface area (Å²) in [7, 11) is 0. The number of benzene rings is 1. The van der Waals surface area contributed by atoms with E-state index in [0.29, 0.717) is 69.7 Å². The van der Waals surface area contributed by atoms with Crippen LogP contribution in [0.2, 0.25) is 5.02 Å². The Balaban J connectivity index is 1.53. The van der Waals surface area contributed by atoms with Gasteiger partial charge in [0, 0.05) is 56.1 Å². The van der Waals surface area contributed by atoms with Crippen molar-refractivity contribution in [2.45, 2.75) is 46.1 Å². The molecule has 37 heavy (non-hydrogen) atoms. The lowest BCUT2D eigenvalue weighted by Crippen LogP contribution is -2.50. The lowest BCUT2D eigenvalue weighted by molar-refractivity contribution is -0.148. The maximum atomic E-state index is 12.5. The van der Waals surface area contributed by atoms with Crippen LogP contribution in [0.25, 0.3) is 11.1 Å². The number of piperazine rings is 1. The number of piperidine rings is 1. The van der Waals surface area contributed by atoms with E-state index in [0.717, 1.165) is 16.9 Å². The van der Waals surface area contributed by atoms with Crippen LogP contribution in [-0.4, -0.2) is 78.4 Å². The zero-order valence-electron chi connectivity index (χ0n) is 22.1. The average molecular weight is 530 g/mol. The van der Waals surface area contributed by atoms with Gasteiger partial charge in [-0.25, -0.2) is 9.78 Å². The van der Waals surface area contributed by atoms with Gasteiger partial charge in [-0.05, 0) is 58.2 Å². The van der Waals surface area contributed by atoms with Crippen LogP contribution in [0, 0.1) is 5.92 Å². The van der Waals surface area contributed by atoms with E-state index < -0.39 is 5.60 Å². The topological polar surface area (TPSA) is 88.1 Å². The number of halogens is 1. The molecule has 0 N–H and O–H groups in total. The van der Waals surface area contributed by atoms with Crippen LogP contribution in [0.4, 0.5) is 16.6 Å². The van der Waals surface area contributed by atoms with Crippen LogP contribution < -0.4 is 9.80 Å². The fourth-order valence-corrected chi connectivity index (χ4v) is 4.72. The highest BCUT2D eigenvalue weighted by molar-refractivity contribution is 6.30. The number of hydrogen-bond acceptors (Lipinski definition) is 8. The van der Waals surface area contributed by atoms with Crippen molar-refractivity contribution in [1.29, 1.82) is 0 Å². The van der Waals surface area contributed by atoms with Gasteiger partial charge in [-0.3, -0.25) is 4.79 Å². The molecule has 1 amide bonds. The molecule has 0 atom stereocenters. The molecule has 0 spiro atoms. The Morgan fingerprint density at radius 3 is 2.24 bits per heavy atom. The fourth-order valence-electron chi connectivity index (χ4n) is 4.59. The van der Waals surface area contributed by atoms with E-state index >= 15 is 0 Å². The van der Waals surface area contributed by atoms with Crippen molar-refractivity contribution in [1.82, 2.24) is 14.9 Å². The minimum absolute atomic E-state index is 0.0857. The van der Waals surface area contributed by atoms with Gasteiger partial charge in [0.1, 0.15) is 11.4 Å². The Hall–Kier alpha value is -3.07. The van der Waals surface area contributed by atoms with Gasteiger partial charge in [0.25, 0.3) is 0 Å². The van der Waals surface area contributed by atoms with Gasteiger partial charge in [0.2, 0.25) is 5.95 Å². The summed E-state index contributed by atoms with van der Waals surface area (Å²) >= 11 is 6.13. The smallest absolute Gasteiger partial charge is 0.410 e. The van der Waals surface area contributed by atoms with Gasteiger partial charge in [-0.1, -0.05) is 23.7 Å². The molecule has 0 bridgehead atoms. The second kappa shape index (κ2) is 11.5. The first kappa shape index (κ1) is 27.0. The summed E-state index contributed by atoms with van der Waals surface area (Å²) in [5.74, 6) is 1.26. The summed E-state index contributed by atoms with van der Waals surface area (Å²) in [5.41, 5.74) is 1.38. The zero-order chi connectivity index (χ0) is 26.6. The number of nitrogens with zero attached hydrogens (tertiary/aromatic N) is 5. The summed E-state index contributed by atoms with van der Waals surface area (Å²) in [6.07, 6.45) is 2.99. The third-order valence-corrected chi connectivity index (χ3v) is 6.79. The lowest BCUT2D eigenvalue weighted by Gasteiger charge is -2.36. The van der Waals surface area contributed by atoms with Gasteiger partial charge in [-0.15, -0.1) is 0 Å². The van der Waals surface area contributed by atoms with Crippen molar-refractivity contribution in [2.75, 3.05) is 55.7 Å². The van der Waals surface area contributed by atoms with E-state index in [1.54, 1.807) is 4.90 Å². The molecular formula is C27H36ClN5O4. The van der Waals surface area contributed by atoms with Crippen LogP contribution >= 0.6 is 11.6 Å². The van der Waals surface area contributed by atoms with E-state index in [9.17, 15) is 9.59 Å². The van der Waals surface area contributed by atoms with E-state index in [4.69, 9.17) is 31.0 Å². The molecule has 3 heterocycles. The van der Waals surface area contributed by atoms with Crippen LogP contribution in [0.1, 0.15) is 40.5 Å². The third kappa shape index (κ3) is 6.83. The Morgan fingerprint density at radius 1 is 1.00 bits per heavy atom. The molecule has 2 aliphatic heterocycles. The van der Waals surface area contributed by atoms with Gasteiger partial charge in [0.15, 0.2) is 0 Å². The van der Waals surface area contributed by atoms with Crippen molar-refractivity contribution in [3.05, 3.63) is 35.5 Å². The second-order valence-electron chi connectivity index (χ2n) is 10.4. The average Bonchev–Trinajstić information content (AvgIpc) is 2.88. The number of carbonyl (C=O) groups excluding carboxylic acids is 2. The van der Waals surface area contributed by atoms with Crippen LogP contribution in [-0.2, 0) is 14.3 Å². The number of ether oxygens (including phenoxy) is 2. The van der Waals surface area contributed by atoms with Crippen LogP contribution in [0.3, 0.4) is 0 Å². The first-order valence-electron chi connectivity index (χ1n) is 12.9. The highest BCUT2D eigenvalue weighted by atomic mass is 35.5. The standard InChI is InChI=1S/C27H36ClN5O4/c1-5-36-24(34)20-10-12-31(13-11-20)23-22(19-6-8-21(28)9-7-19)18-29-25(30-23)32-14-16-33(17-15-32)26(35)37-27(2,3)4/h6-9,18,20H,5,10-17H2,1-4H3. The normalized spacial score (nSPS) is 17.1. The molecule has 0 unspecified atom stereocenters. The number of carbonyl (C=O) groups is 2. The van der Waals surface area contributed by atoms with Gasteiger partial charge in [0.05, 0.1) is 12.5 Å². The number of esters is 1. The summed E-state index contributed by atoms with van der Waals surface area (Å²) in [6, 6.07) is 7.65. The van der Waals surface area contributed by atoms with E-state index in [1.165, 1.54) is 0 Å². The number of anilines is 2. The Labute approximate surface area is 223 Å². The van der Waals surface area contributed by atoms with E-state index in [1.807, 2.05) is 58.2 Å². The predicted molar refractivity (Wildman–Crippen MR) is 144 cm³/mol. The Kier molecular flexibility index (Phi) is 8.42. The first-order chi connectivity index (χ1) is 17.6. The molecule has 4 rings (SSSR count). The summed E-state index contributed by atoms with van der Waals surface area (Å²) in [4.78, 5) is 40.5. The third-order valence-electron chi connectivity index (χ3n) is 6.54. The van der Waals surface area contributed by atoms with Crippen LogP contribution in [0.5, 0.6) is 0 Å². The van der Waals surface area contributed by atoms with Crippen molar-refractivity contribution >= 4 is 35.4 Å². The highest BCUT2D eigenvalue weighted by Gasteiger charge is 2.30. The lowest BCUT2D eigenvalue weighted by atomic mass is 9.96. The van der Waals surface area contributed by atoms with Crippen molar-refractivity contribution in [2.24, 2.45) is 5.92 Å². The molecule has 2 aliphatic rings. The highest BCUT2D eigenvalue weighted by Crippen LogP contribution is 2.34. The molecule has 2 saturated heterocycles. The molecule has 10 heteroatoms. The van der Waals surface area contributed by atoms with Gasteiger partial charge < -0.3 is 24.2 Å². The number of hydrogen-bond donors (Lipinski definition) is 0. The predicted octanol–water partition coefficient (Wildman–Crippen LogP) is 4.63. The SMILES string of the molecule is CCOC(=O)C1CCN(c2nc(N3CCN(C(=O)OC(C)(C)C)CC3)ncc2-c2ccc(Cl)cc2)CC1. The molecule has 2 aromatic rings. The summed E-state index contributed by atoms with van der Waals surface area (Å²) < 4.78 is 10.8. The molecule has 0 radical (unpaired) electrons. The van der Waals surface area contributed by atoms with Gasteiger partial charge >= 0.3 is 12.1 Å². The number of amides is 1. The molecule has 1 aromatic heterocycles. The van der Waals surface area contributed by atoms with E-state index in [-0.39, 0.29) is 18.0 Å². The number of aromatic nitrogens is 2. The van der Waals surface area contributed by atoms with Crippen molar-refractivity contribution in [3.8, 4) is 11.1 Å². The quantitative estimate of drug-likeness (QED) is 0.518. The van der Waals surface area contributed by atoms with Crippen LogP contribution in [0.15, 0.2) is 30.5 Å².